The van der Waals surface area contributed by atoms with E-state index in [0.717, 1.165) is 11.9 Å². The number of benzene rings is 1. The predicted octanol–water partition coefficient (Wildman–Crippen LogP) is 0.969. The zero-order valence-corrected chi connectivity index (χ0v) is 11.8. The summed E-state index contributed by atoms with van der Waals surface area (Å²) in [5, 5.41) is 10.9. The molecule has 3 aliphatic rings. The Morgan fingerprint density at radius 3 is 2.90 bits per heavy atom. The molecule has 1 unspecified atom stereocenters. The summed E-state index contributed by atoms with van der Waals surface area (Å²) in [6.45, 7) is 3.30. The van der Waals surface area contributed by atoms with E-state index < -0.39 is 0 Å². The molecule has 0 spiro atoms. The number of piperidine rings is 3. The summed E-state index contributed by atoms with van der Waals surface area (Å²) in [5.74, 6) is 0.528. The molecule has 5 rings (SSSR count). The predicted molar refractivity (Wildman–Crippen MR) is 80.9 cm³/mol. The number of amides is 1. The maximum absolute atomic E-state index is 12.5. The van der Waals surface area contributed by atoms with Crippen LogP contribution < -0.4 is 11.1 Å². The van der Waals surface area contributed by atoms with E-state index in [1.165, 1.54) is 25.9 Å². The Labute approximate surface area is 122 Å². The topological polar surface area (TPSA) is 87.0 Å². The van der Waals surface area contributed by atoms with Crippen LogP contribution in [-0.2, 0) is 0 Å². The van der Waals surface area contributed by atoms with Gasteiger partial charge in [-0.2, -0.15) is 5.10 Å². The molecular weight excluding hydrogens is 266 g/mol. The molecule has 110 valence electrons. The van der Waals surface area contributed by atoms with Crippen molar-refractivity contribution in [2.75, 3.05) is 25.4 Å². The second kappa shape index (κ2) is 4.73. The van der Waals surface area contributed by atoms with Gasteiger partial charge in [0.1, 0.15) is 11.2 Å². The van der Waals surface area contributed by atoms with Crippen LogP contribution in [0.1, 0.15) is 23.3 Å². The first-order valence-electron chi connectivity index (χ1n) is 7.48. The van der Waals surface area contributed by atoms with Gasteiger partial charge in [0, 0.05) is 18.0 Å². The Bertz CT molecular complexity index is 686. The van der Waals surface area contributed by atoms with Gasteiger partial charge in [0.15, 0.2) is 0 Å². The molecule has 6 nitrogen and oxygen atoms in total. The van der Waals surface area contributed by atoms with Crippen LogP contribution in [0.25, 0.3) is 10.9 Å². The second-order valence-corrected chi connectivity index (χ2v) is 6.06. The van der Waals surface area contributed by atoms with Gasteiger partial charge in [-0.15, -0.1) is 0 Å². The fourth-order valence-electron chi connectivity index (χ4n) is 3.60. The van der Waals surface area contributed by atoms with Gasteiger partial charge in [-0.25, -0.2) is 0 Å². The lowest BCUT2D eigenvalue weighted by Gasteiger charge is -2.44. The number of nitrogen functional groups attached to an aromatic ring is 1. The molecule has 1 atom stereocenters. The number of nitrogens with zero attached hydrogens (tertiary/aromatic N) is 2. The van der Waals surface area contributed by atoms with Crippen LogP contribution in [0, 0.1) is 5.92 Å². The number of nitrogens with one attached hydrogen (secondary N) is 2. The highest BCUT2D eigenvalue weighted by atomic mass is 16.2. The maximum Gasteiger partial charge on any atom is 0.270 e. The molecule has 3 saturated heterocycles. The van der Waals surface area contributed by atoms with Crippen LogP contribution in [0.15, 0.2) is 18.2 Å². The van der Waals surface area contributed by atoms with Crippen molar-refractivity contribution < 1.29 is 4.79 Å². The molecule has 2 aromatic rings. The number of nitrogens with two attached hydrogens (primary N) is 1. The molecule has 1 aromatic carbocycles. The van der Waals surface area contributed by atoms with Crippen LogP contribution in [0.2, 0.25) is 0 Å². The number of para-hydroxylation sites is 1. The van der Waals surface area contributed by atoms with Gasteiger partial charge >= 0.3 is 0 Å². The number of hydrogen-bond donors (Lipinski definition) is 3. The summed E-state index contributed by atoms with van der Waals surface area (Å²) in [5.41, 5.74) is 7.64. The van der Waals surface area contributed by atoms with Gasteiger partial charge in [0.25, 0.3) is 5.91 Å². The van der Waals surface area contributed by atoms with Crippen LogP contribution in [0.4, 0.5) is 5.69 Å². The molecule has 4 heterocycles. The highest BCUT2D eigenvalue weighted by Gasteiger charge is 2.35. The van der Waals surface area contributed by atoms with Gasteiger partial charge in [0.05, 0.1) is 5.69 Å². The Morgan fingerprint density at radius 1 is 1.38 bits per heavy atom. The number of carbonyl (C=O) groups excluding carboxylic acids is 1. The van der Waals surface area contributed by atoms with Crippen LogP contribution >= 0.6 is 0 Å². The molecule has 3 fully saturated rings. The number of anilines is 1. The summed E-state index contributed by atoms with van der Waals surface area (Å²) in [7, 11) is 0. The van der Waals surface area contributed by atoms with E-state index in [1.54, 1.807) is 6.07 Å². The van der Waals surface area contributed by atoms with Crippen molar-refractivity contribution in [2.24, 2.45) is 5.92 Å². The Hall–Kier alpha value is -2.08. The zero-order valence-electron chi connectivity index (χ0n) is 11.8. The summed E-state index contributed by atoms with van der Waals surface area (Å²) in [6.07, 6.45) is 2.36. The number of aromatic amines is 1. The smallest absolute Gasteiger partial charge is 0.270 e. The van der Waals surface area contributed by atoms with E-state index >= 15 is 0 Å². The first-order valence-corrected chi connectivity index (χ1v) is 7.48. The fraction of sp³-hybridized carbons (Fsp3) is 0.467. The fourth-order valence-corrected chi connectivity index (χ4v) is 3.60. The minimum atomic E-state index is -0.0816. The Morgan fingerprint density at radius 2 is 2.19 bits per heavy atom. The average molecular weight is 285 g/mol. The third-order valence-corrected chi connectivity index (χ3v) is 4.82. The standard InChI is InChI=1S/C15H19N5O/c16-11-3-1-2-10-13(11)18-19-14(10)15(21)17-12-8-20-6-4-9(12)5-7-20/h1-3,9,12H,4-8,16H2,(H,17,21)(H,18,19). The minimum Gasteiger partial charge on any atom is -0.397 e. The first-order chi connectivity index (χ1) is 10.2. The highest BCUT2D eigenvalue weighted by molar-refractivity contribution is 6.07. The first kappa shape index (κ1) is 12.6. The highest BCUT2D eigenvalue weighted by Crippen LogP contribution is 2.28. The summed E-state index contributed by atoms with van der Waals surface area (Å²) in [6, 6.07) is 5.76. The Kier molecular flexibility index (Phi) is 2.85. The molecule has 2 bridgehead atoms. The summed E-state index contributed by atoms with van der Waals surface area (Å²) < 4.78 is 0. The molecule has 1 aromatic heterocycles. The minimum absolute atomic E-state index is 0.0816. The molecule has 3 aliphatic heterocycles. The number of aromatic nitrogens is 2. The number of H-pyrrole nitrogens is 1. The molecular formula is C15H19N5O. The van der Waals surface area contributed by atoms with Gasteiger partial charge in [-0.3, -0.25) is 9.89 Å². The number of carbonyl (C=O) groups is 1. The van der Waals surface area contributed by atoms with Gasteiger partial charge < -0.3 is 16.0 Å². The Balaban J connectivity index is 1.58. The molecule has 6 heteroatoms. The van der Waals surface area contributed by atoms with Crippen LogP contribution in [0.3, 0.4) is 0 Å². The van der Waals surface area contributed by atoms with Gasteiger partial charge in [-0.05, 0) is 37.9 Å². The van der Waals surface area contributed by atoms with Crippen molar-refractivity contribution in [3.63, 3.8) is 0 Å². The number of rotatable bonds is 2. The average Bonchev–Trinajstić information content (AvgIpc) is 2.94. The van der Waals surface area contributed by atoms with Crippen molar-refractivity contribution >= 4 is 22.5 Å². The monoisotopic (exact) mass is 285 g/mol. The molecule has 4 N–H and O–H groups in total. The van der Waals surface area contributed by atoms with E-state index in [-0.39, 0.29) is 11.9 Å². The van der Waals surface area contributed by atoms with Crippen LogP contribution in [0.5, 0.6) is 0 Å². The van der Waals surface area contributed by atoms with Crippen LogP contribution in [-0.4, -0.2) is 46.7 Å². The van der Waals surface area contributed by atoms with Crippen molar-refractivity contribution in [1.29, 1.82) is 0 Å². The summed E-state index contributed by atoms with van der Waals surface area (Å²) >= 11 is 0. The third-order valence-electron chi connectivity index (χ3n) is 4.82. The van der Waals surface area contributed by atoms with E-state index in [4.69, 9.17) is 5.73 Å². The lowest BCUT2D eigenvalue weighted by Crippen LogP contribution is -2.57. The lowest BCUT2D eigenvalue weighted by molar-refractivity contribution is 0.0618. The van der Waals surface area contributed by atoms with E-state index in [2.05, 4.69) is 20.4 Å². The molecule has 0 radical (unpaired) electrons. The molecule has 1 amide bonds. The largest absolute Gasteiger partial charge is 0.397 e. The third kappa shape index (κ3) is 2.06. The normalized spacial score (nSPS) is 27.9. The molecule has 0 saturated carbocycles. The SMILES string of the molecule is Nc1cccc2c(C(=O)NC3CN4CCC3CC4)[nH]nc12. The van der Waals surface area contributed by atoms with E-state index in [1.807, 2.05) is 12.1 Å². The zero-order chi connectivity index (χ0) is 14.4. The quantitative estimate of drug-likeness (QED) is 0.718. The molecule has 21 heavy (non-hydrogen) atoms. The van der Waals surface area contributed by atoms with E-state index in [0.29, 0.717) is 22.8 Å². The van der Waals surface area contributed by atoms with Crippen molar-refractivity contribution in [1.82, 2.24) is 20.4 Å². The van der Waals surface area contributed by atoms with Gasteiger partial charge in [0.2, 0.25) is 0 Å². The van der Waals surface area contributed by atoms with Crippen molar-refractivity contribution in [3.05, 3.63) is 23.9 Å². The maximum atomic E-state index is 12.5. The molecule has 0 aliphatic carbocycles. The summed E-state index contributed by atoms with van der Waals surface area (Å²) in [4.78, 5) is 15.0. The van der Waals surface area contributed by atoms with Crippen molar-refractivity contribution in [3.8, 4) is 0 Å². The lowest BCUT2D eigenvalue weighted by atomic mass is 9.84. The number of fused-ring (bicyclic) bond motifs is 4. The number of hydrogen-bond acceptors (Lipinski definition) is 4. The van der Waals surface area contributed by atoms with E-state index in [9.17, 15) is 4.79 Å². The van der Waals surface area contributed by atoms with Gasteiger partial charge in [-0.1, -0.05) is 12.1 Å². The second-order valence-electron chi connectivity index (χ2n) is 6.06. The van der Waals surface area contributed by atoms with Crippen molar-refractivity contribution in [2.45, 2.75) is 18.9 Å².